The van der Waals surface area contributed by atoms with Crippen LogP contribution < -0.4 is 9.47 Å². The van der Waals surface area contributed by atoms with Gasteiger partial charge in [-0.3, -0.25) is 0 Å². The van der Waals surface area contributed by atoms with Gasteiger partial charge in [0.2, 0.25) is 0 Å². The second-order valence-electron chi connectivity index (χ2n) is 4.24. The first-order valence-electron chi connectivity index (χ1n) is 6.09. The normalized spacial score (nSPS) is 10.7. The maximum Gasteiger partial charge on any atom is 0.160 e. The van der Waals surface area contributed by atoms with Gasteiger partial charge in [0.05, 0.1) is 20.8 Å². The average Bonchev–Trinajstić information content (AvgIpc) is 2.42. The van der Waals surface area contributed by atoms with Crippen molar-refractivity contribution >= 4 is 0 Å². The first-order valence-corrected chi connectivity index (χ1v) is 6.09. The maximum absolute atomic E-state index is 5.29. The van der Waals surface area contributed by atoms with Gasteiger partial charge in [0.25, 0.3) is 0 Å². The largest absolute Gasteiger partial charge is 0.493 e. The molecule has 0 N–H and O–H groups in total. The summed E-state index contributed by atoms with van der Waals surface area (Å²) in [5, 5.41) is 0. The van der Waals surface area contributed by atoms with Crippen molar-refractivity contribution in [2.75, 3.05) is 48.1 Å². The quantitative estimate of drug-likeness (QED) is 0.707. The van der Waals surface area contributed by atoms with E-state index in [0.29, 0.717) is 0 Å². The zero-order chi connectivity index (χ0) is 13.4. The van der Waals surface area contributed by atoms with Crippen LogP contribution in [0.1, 0.15) is 5.56 Å². The first-order chi connectivity index (χ1) is 8.71. The van der Waals surface area contributed by atoms with Gasteiger partial charge >= 0.3 is 0 Å². The average molecular weight is 253 g/mol. The van der Waals surface area contributed by atoms with E-state index in [-0.39, 0.29) is 0 Å². The van der Waals surface area contributed by atoms with Crippen molar-refractivity contribution in [1.29, 1.82) is 0 Å². The van der Waals surface area contributed by atoms with Crippen molar-refractivity contribution < 1.29 is 14.2 Å². The molecule has 1 aromatic carbocycles. The van der Waals surface area contributed by atoms with Crippen molar-refractivity contribution in [3.05, 3.63) is 23.8 Å². The highest BCUT2D eigenvalue weighted by atomic mass is 16.5. The van der Waals surface area contributed by atoms with Crippen LogP contribution in [0.4, 0.5) is 0 Å². The summed E-state index contributed by atoms with van der Waals surface area (Å²) < 4.78 is 15.6. The summed E-state index contributed by atoms with van der Waals surface area (Å²) in [4.78, 5) is 2.25. The van der Waals surface area contributed by atoms with E-state index < -0.39 is 0 Å². The van der Waals surface area contributed by atoms with Gasteiger partial charge in [-0.25, -0.2) is 0 Å². The molecule has 0 aliphatic carbocycles. The minimum absolute atomic E-state index is 0.766. The summed E-state index contributed by atoms with van der Waals surface area (Å²) in [6, 6.07) is 6.05. The number of hydrogen-bond donors (Lipinski definition) is 0. The number of methoxy groups -OCH3 is 3. The standard InChI is InChI=1S/C14H23NO3/c1-15(9-10-16-2)8-7-12-5-6-13(17-3)14(11-12)18-4/h5-6,11H,7-10H2,1-4H3. The van der Waals surface area contributed by atoms with Gasteiger partial charge < -0.3 is 19.1 Å². The molecule has 0 heterocycles. The number of nitrogens with zero attached hydrogens (tertiary/aromatic N) is 1. The van der Waals surface area contributed by atoms with Crippen LogP contribution in [0, 0.1) is 0 Å². The Morgan fingerprint density at radius 1 is 1.00 bits per heavy atom. The van der Waals surface area contributed by atoms with Crippen LogP contribution in [0.2, 0.25) is 0 Å². The molecule has 102 valence electrons. The SMILES string of the molecule is COCCN(C)CCc1ccc(OC)c(OC)c1. The molecule has 0 unspecified atom stereocenters. The third-order valence-corrected chi connectivity index (χ3v) is 2.91. The molecule has 0 aromatic heterocycles. The van der Waals surface area contributed by atoms with Gasteiger partial charge in [0, 0.05) is 20.2 Å². The third kappa shape index (κ3) is 4.55. The lowest BCUT2D eigenvalue weighted by atomic mass is 10.1. The van der Waals surface area contributed by atoms with Crippen LogP contribution >= 0.6 is 0 Å². The zero-order valence-corrected chi connectivity index (χ0v) is 11.7. The Labute approximate surface area is 109 Å². The molecular formula is C14H23NO3. The number of ether oxygens (including phenoxy) is 3. The second-order valence-corrected chi connectivity index (χ2v) is 4.24. The van der Waals surface area contributed by atoms with Crippen molar-refractivity contribution in [3.8, 4) is 11.5 Å². The molecule has 1 aromatic rings. The molecule has 18 heavy (non-hydrogen) atoms. The van der Waals surface area contributed by atoms with Gasteiger partial charge in [-0.2, -0.15) is 0 Å². The highest BCUT2D eigenvalue weighted by molar-refractivity contribution is 5.42. The van der Waals surface area contributed by atoms with Crippen molar-refractivity contribution in [1.82, 2.24) is 4.90 Å². The van der Waals surface area contributed by atoms with E-state index in [1.54, 1.807) is 21.3 Å². The van der Waals surface area contributed by atoms with E-state index in [2.05, 4.69) is 18.0 Å². The van der Waals surface area contributed by atoms with Gasteiger partial charge in [0.15, 0.2) is 11.5 Å². The molecule has 0 spiro atoms. The predicted octanol–water partition coefficient (Wildman–Crippen LogP) is 1.82. The number of likely N-dealkylation sites (N-methyl/N-ethyl adjacent to an activating group) is 1. The Hall–Kier alpha value is -1.26. The molecule has 0 radical (unpaired) electrons. The fourth-order valence-corrected chi connectivity index (χ4v) is 1.72. The molecule has 4 heteroatoms. The maximum atomic E-state index is 5.29. The van der Waals surface area contributed by atoms with E-state index in [4.69, 9.17) is 14.2 Å². The predicted molar refractivity (Wildman–Crippen MR) is 72.6 cm³/mol. The first kappa shape index (κ1) is 14.8. The van der Waals surface area contributed by atoms with Crippen molar-refractivity contribution in [2.45, 2.75) is 6.42 Å². The monoisotopic (exact) mass is 253 g/mol. The third-order valence-electron chi connectivity index (χ3n) is 2.91. The second kappa shape index (κ2) is 7.95. The molecule has 0 amide bonds. The molecule has 0 atom stereocenters. The molecule has 0 saturated heterocycles. The number of hydrogen-bond acceptors (Lipinski definition) is 4. The van der Waals surface area contributed by atoms with Crippen LogP contribution in [0.15, 0.2) is 18.2 Å². The zero-order valence-electron chi connectivity index (χ0n) is 11.7. The Morgan fingerprint density at radius 3 is 2.33 bits per heavy atom. The molecular weight excluding hydrogens is 230 g/mol. The summed E-state index contributed by atoms with van der Waals surface area (Å²) >= 11 is 0. The molecule has 0 bridgehead atoms. The molecule has 1 rings (SSSR count). The lowest BCUT2D eigenvalue weighted by Crippen LogP contribution is -2.25. The summed E-state index contributed by atoms with van der Waals surface area (Å²) in [5.74, 6) is 1.56. The van der Waals surface area contributed by atoms with Crippen molar-refractivity contribution in [3.63, 3.8) is 0 Å². The highest BCUT2D eigenvalue weighted by Crippen LogP contribution is 2.27. The van der Waals surface area contributed by atoms with E-state index in [1.165, 1.54) is 5.56 Å². The Balaban J connectivity index is 2.52. The van der Waals surface area contributed by atoms with Gasteiger partial charge in [0.1, 0.15) is 0 Å². The van der Waals surface area contributed by atoms with Crippen LogP contribution in [0.3, 0.4) is 0 Å². The van der Waals surface area contributed by atoms with Crippen LogP contribution in [-0.2, 0) is 11.2 Å². The highest BCUT2D eigenvalue weighted by Gasteiger charge is 2.05. The summed E-state index contributed by atoms with van der Waals surface area (Å²) in [6.07, 6.45) is 0.987. The number of rotatable bonds is 8. The van der Waals surface area contributed by atoms with E-state index in [1.807, 2.05) is 12.1 Å². The van der Waals surface area contributed by atoms with Crippen LogP contribution in [-0.4, -0.2) is 53.0 Å². The minimum atomic E-state index is 0.766. The van der Waals surface area contributed by atoms with Crippen LogP contribution in [0.5, 0.6) is 11.5 Å². The Bertz CT molecular complexity index is 355. The van der Waals surface area contributed by atoms with E-state index >= 15 is 0 Å². The fourth-order valence-electron chi connectivity index (χ4n) is 1.72. The van der Waals surface area contributed by atoms with E-state index in [0.717, 1.165) is 37.6 Å². The lowest BCUT2D eigenvalue weighted by Gasteiger charge is -2.16. The number of benzene rings is 1. The summed E-state index contributed by atoms with van der Waals surface area (Å²) in [6.45, 7) is 2.71. The van der Waals surface area contributed by atoms with Crippen molar-refractivity contribution in [2.24, 2.45) is 0 Å². The molecule has 0 fully saturated rings. The van der Waals surface area contributed by atoms with Gasteiger partial charge in [-0.1, -0.05) is 6.07 Å². The Kier molecular flexibility index (Phi) is 6.54. The fraction of sp³-hybridized carbons (Fsp3) is 0.571. The van der Waals surface area contributed by atoms with Crippen LogP contribution in [0.25, 0.3) is 0 Å². The van der Waals surface area contributed by atoms with Gasteiger partial charge in [-0.15, -0.1) is 0 Å². The molecule has 0 aliphatic rings. The molecule has 4 nitrogen and oxygen atoms in total. The summed E-state index contributed by atoms with van der Waals surface area (Å²) in [7, 11) is 7.13. The molecule has 0 aliphatic heterocycles. The Morgan fingerprint density at radius 2 is 1.72 bits per heavy atom. The minimum Gasteiger partial charge on any atom is -0.493 e. The smallest absolute Gasteiger partial charge is 0.160 e. The van der Waals surface area contributed by atoms with Gasteiger partial charge in [-0.05, 0) is 31.2 Å². The molecule has 0 saturated carbocycles. The van der Waals surface area contributed by atoms with E-state index in [9.17, 15) is 0 Å². The lowest BCUT2D eigenvalue weighted by molar-refractivity contribution is 0.162. The summed E-state index contributed by atoms with van der Waals surface area (Å²) in [5.41, 5.74) is 1.25. The topological polar surface area (TPSA) is 30.9 Å².